The van der Waals surface area contributed by atoms with E-state index in [0.29, 0.717) is 5.92 Å². The monoisotopic (exact) mass is 486 g/mol. The maximum Gasteiger partial charge on any atom is 0.383 e. The normalized spacial score (nSPS) is 29.1. The number of hydrogen-bond donors (Lipinski definition) is 5. The molecule has 3 rings (SSSR count). The van der Waals surface area contributed by atoms with Gasteiger partial charge in [0, 0.05) is 11.8 Å². The zero-order valence-corrected chi connectivity index (χ0v) is 18.7. The molecule has 0 amide bonds. The van der Waals surface area contributed by atoms with Crippen molar-refractivity contribution < 1.29 is 37.8 Å². The number of aromatic amines is 1. The van der Waals surface area contributed by atoms with Gasteiger partial charge < -0.3 is 24.2 Å². The second kappa shape index (κ2) is 9.01. The van der Waals surface area contributed by atoms with E-state index in [0.717, 1.165) is 17.4 Å². The van der Waals surface area contributed by atoms with E-state index in [1.807, 2.05) is 0 Å². The molecule has 170 valence electrons. The van der Waals surface area contributed by atoms with Crippen LogP contribution in [0.2, 0.25) is 0 Å². The molecule has 5 unspecified atom stereocenters. The van der Waals surface area contributed by atoms with Crippen LogP contribution < -0.4 is 11.2 Å². The number of nitrogens with one attached hydrogen (secondary N) is 1. The van der Waals surface area contributed by atoms with E-state index in [-0.39, 0.29) is 18.6 Å². The highest BCUT2D eigenvalue weighted by molar-refractivity contribution is 8.44. The van der Waals surface area contributed by atoms with Crippen LogP contribution in [0.25, 0.3) is 0 Å². The van der Waals surface area contributed by atoms with Gasteiger partial charge in [0.1, 0.15) is 12.2 Å². The quantitative estimate of drug-likeness (QED) is 0.244. The lowest BCUT2D eigenvalue weighted by molar-refractivity contribution is -0.0719. The van der Waals surface area contributed by atoms with Gasteiger partial charge in [0.25, 0.3) is 5.56 Å². The van der Waals surface area contributed by atoms with Gasteiger partial charge in [0.15, 0.2) is 6.23 Å². The Balaban J connectivity index is 1.96. The highest BCUT2D eigenvalue weighted by atomic mass is 32.7. The van der Waals surface area contributed by atoms with Crippen LogP contribution in [-0.4, -0.2) is 55.3 Å². The number of hydrogen-bond acceptors (Lipinski definition) is 7. The van der Waals surface area contributed by atoms with Crippen molar-refractivity contribution in [2.45, 2.75) is 50.7 Å². The summed E-state index contributed by atoms with van der Waals surface area (Å²) in [5.74, 6) is 0.298. The molecule has 1 saturated carbocycles. The third-order valence-corrected chi connectivity index (χ3v) is 6.53. The van der Waals surface area contributed by atoms with E-state index >= 15 is 0 Å². The molecule has 1 aliphatic heterocycles. The molecular weight excluding hydrogens is 462 g/mol. The van der Waals surface area contributed by atoms with Crippen molar-refractivity contribution in [3.05, 3.63) is 32.6 Å². The highest BCUT2D eigenvalue weighted by Gasteiger charge is 2.50. The first-order chi connectivity index (χ1) is 13.8. The molecule has 12 nitrogen and oxygen atoms in total. The first-order valence-corrected chi connectivity index (χ1v) is 13.7. The Morgan fingerprint density at radius 3 is 2.50 bits per heavy atom. The Kier molecular flexibility index (Phi) is 7.18. The number of ether oxygens (including phenoxy) is 2. The molecule has 1 saturated heterocycles. The van der Waals surface area contributed by atoms with Crippen molar-refractivity contribution in [2.24, 2.45) is 5.92 Å². The summed E-state index contributed by atoms with van der Waals surface area (Å²) in [6.07, 6.45) is -2.13. The van der Waals surface area contributed by atoms with E-state index in [1.54, 1.807) is 0 Å². The van der Waals surface area contributed by atoms with Crippen molar-refractivity contribution in [1.29, 1.82) is 0 Å². The summed E-state index contributed by atoms with van der Waals surface area (Å²) in [6, 6.07) is 0. The zero-order chi connectivity index (χ0) is 22.3. The Hall–Kier alpha value is -0.750. The molecule has 30 heavy (non-hydrogen) atoms. The minimum atomic E-state index is -4.40. The Bertz CT molecular complexity index is 980. The number of aromatic nitrogens is 2. The fourth-order valence-electron chi connectivity index (χ4n) is 3.23. The lowest BCUT2D eigenvalue weighted by Crippen LogP contribution is -2.40. The van der Waals surface area contributed by atoms with Gasteiger partial charge in [-0.2, -0.15) is 0 Å². The predicted molar refractivity (Wildman–Crippen MR) is 108 cm³/mol. The van der Waals surface area contributed by atoms with E-state index < -0.39 is 56.3 Å². The summed E-state index contributed by atoms with van der Waals surface area (Å²) in [6.45, 7) is -2.57. The summed E-state index contributed by atoms with van der Waals surface area (Å²) < 4.78 is 41.1. The minimum Gasteiger partial charge on any atom is -0.370 e. The average Bonchev–Trinajstić information content (AvgIpc) is 3.36. The smallest absolute Gasteiger partial charge is 0.370 e. The van der Waals surface area contributed by atoms with Crippen molar-refractivity contribution in [3.63, 3.8) is 0 Å². The van der Waals surface area contributed by atoms with Crippen LogP contribution >= 0.6 is 26.6 Å². The van der Waals surface area contributed by atoms with Crippen molar-refractivity contribution >= 4 is 26.6 Å². The SMILES string of the molecule is Cc1cn(C2OC(CCP(=O)(O)O)C(OP(=O)(O)S)C2OCC2CC2)c(=O)[nH]c1=O. The molecule has 2 heterocycles. The third-order valence-electron chi connectivity index (χ3n) is 4.89. The van der Waals surface area contributed by atoms with Crippen LogP contribution in [0.1, 0.15) is 31.1 Å². The van der Waals surface area contributed by atoms with Gasteiger partial charge >= 0.3 is 20.1 Å². The average molecular weight is 486 g/mol. The maximum atomic E-state index is 12.4. The molecule has 1 aromatic rings. The molecule has 1 aliphatic carbocycles. The van der Waals surface area contributed by atoms with Crippen molar-refractivity contribution in [2.75, 3.05) is 12.8 Å². The molecule has 0 aromatic carbocycles. The Morgan fingerprint density at radius 1 is 1.27 bits per heavy atom. The van der Waals surface area contributed by atoms with Crippen LogP contribution in [0, 0.1) is 12.8 Å². The van der Waals surface area contributed by atoms with Gasteiger partial charge in [-0.05, 0) is 32.1 Å². The van der Waals surface area contributed by atoms with E-state index in [4.69, 9.17) is 14.0 Å². The summed E-state index contributed by atoms with van der Waals surface area (Å²) in [4.78, 5) is 54.3. The number of H-pyrrole nitrogens is 1. The van der Waals surface area contributed by atoms with Crippen LogP contribution in [0.3, 0.4) is 0 Å². The standard InChI is InChI=1S/C15H24N2O10P2S/c1-8-6-17(15(19)16-13(8)18)14-12(25-7-9-2-3-9)11(27-29(23,24)30)10(26-14)4-5-28(20,21)22/h6,9-12,14H,2-5,7H2,1H3,(H,16,18,19)(H2,20,21,22)(H2,23,24,30). The molecule has 2 fully saturated rings. The lowest BCUT2D eigenvalue weighted by Gasteiger charge is -2.26. The van der Waals surface area contributed by atoms with Gasteiger partial charge in [-0.3, -0.25) is 23.4 Å². The molecule has 5 atom stereocenters. The Morgan fingerprint density at radius 2 is 1.93 bits per heavy atom. The number of nitrogens with zero attached hydrogens (tertiary/aromatic N) is 1. The summed E-state index contributed by atoms with van der Waals surface area (Å²) in [7, 11) is -4.40. The fraction of sp³-hybridized carbons (Fsp3) is 0.733. The van der Waals surface area contributed by atoms with Crippen LogP contribution in [0.15, 0.2) is 15.8 Å². The van der Waals surface area contributed by atoms with Crippen molar-refractivity contribution in [1.82, 2.24) is 9.55 Å². The van der Waals surface area contributed by atoms with Gasteiger partial charge in [-0.15, -0.1) is 0 Å². The second-order valence-corrected chi connectivity index (χ2v) is 12.0. The first-order valence-electron chi connectivity index (χ1n) is 9.22. The summed E-state index contributed by atoms with van der Waals surface area (Å²) >= 11 is 3.53. The van der Waals surface area contributed by atoms with E-state index in [2.05, 4.69) is 17.2 Å². The van der Waals surface area contributed by atoms with Gasteiger partial charge in [0.05, 0.1) is 18.9 Å². The lowest BCUT2D eigenvalue weighted by atomic mass is 10.1. The molecule has 0 bridgehead atoms. The molecule has 1 aromatic heterocycles. The van der Waals surface area contributed by atoms with E-state index in [1.165, 1.54) is 13.1 Å². The van der Waals surface area contributed by atoms with Crippen LogP contribution in [0.4, 0.5) is 0 Å². The zero-order valence-electron chi connectivity index (χ0n) is 16.0. The fourth-order valence-corrected chi connectivity index (χ4v) is 4.72. The van der Waals surface area contributed by atoms with Crippen LogP contribution in [-0.2, 0) is 23.1 Å². The number of thiol groups is 1. The molecular formula is C15H24N2O10P2S. The van der Waals surface area contributed by atoms with E-state index in [9.17, 15) is 33.4 Å². The summed E-state index contributed by atoms with van der Waals surface area (Å²) in [5, 5.41) is 0. The molecule has 0 radical (unpaired) electrons. The van der Waals surface area contributed by atoms with Gasteiger partial charge in [-0.1, -0.05) is 12.2 Å². The maximum absolute atomic E-state index is 12.4. The second-order valence-electron chi connectivity index (χ2n) is 7.52. The number of aryl methyl sites for hydroxylation is 1. The number of rotatable bonds is 9. The van der Waals surface area contributed by atoms with Gasteiger partial charge in [0.2, 0.25) is 0 Å². The first kappa shape index (κ1) is 23.9. The molecule has 2 aliphatic rings. The van der Waals surface area contributed by atoms with Crippen molar-refractivity contribution in [3.8, 4) is 0 Å². The largest absolute Gasteiger partial charge is 0.383 e. The molecule has 4 N–H and O–H groups in total. The Labute approximate surface area is 176 Å². The predicted octanol–water partition coefficient (Wildman–Crippen LogP) is 0.521. The molecule has 15 heteroatoms. The summed E-state index contributed by atoms with van der Waals surface area (Å²) in [5.41, 5.74) is -1.15. The topological polar surface area (TPSA) is 177 Å². The van der Waals surface area contributed by atoms with Crippen LogP contribution in [0.5, 0.6) is 0 Å². The highest BCUT2D eigenvalue weighted by Crippen LogP contribution is 2.52. The third kappa shape index (κ3) is 6.38. The minimum absolute atomic E-state index is 0.220. The van der Waals surface area contributed by atoms with Gasteiger partial charge in [-0.25, -0.2) is 9.36 Å². The molecule has 0 spiro atoms.